The van der Waals surface area contributed by atoms with Gasteiger partial charge in [-0.25, -0.2) is 14.5 Å². The summed E-state index contributed by atoms with van der Waals surface area (Å²) >= 11 is 0. The van der Waals surface area contributed by atoms with E-state index in [9.17, 15) is 24.4 Å². The molecule has 0 radical (unpaired) electrons. The van der Waals surface area contributed by atoms with Gasteiger partial charge in [-0.15, -0.1) is 0 Å². The van der Waals surface area contributed by atoms with E-state index in [-0.39, 0.29) is 23.6 Å². The summed E-state index contributed by atoms with van der Waals surface area (Å²) in [4.78, 5) is 69.2. The Balaban J connectivity index is 0.775. The monoisotopic (exact) mass is 834 g/mol. The molecule has 4 amide bonds. The zero-order valence-corrected chi connectivity index (χ0v) is 34.9. The number of nitriles is 1. The van der Waals surface area contributed by atoms with Crippen molar-refractivity contribution in [1.82, 2.24) is 39.6 Å². The minimum absolute atomic E-state index is 0.0871. The van der Waals surface area contributed by atoms with Gasteiger partial charge in [-0.3, -0.25) is 29.4 Å². The molecule has 4 saturated heterocycles. The van der Waals surface area contributed by atoms with Crippen LogP contribution in [-0.4, -0.2) is 136 Å². The van der Waals surface area contributed by atoms with E-state index in [4.69, 9.17) is 9.97 Å². The van der Waals surface area contributed by atoms with Gasteiger partial charge in [0.25, 0.3) is 0 Å². The number of carbonyl (C=O) groups excluding carboxylic acids is 4. The number of anilines is 3. The number of nitrogens with zero attached hydrogens (tertiary/aromatic N) is 10. The maximum atomic E-state index is 13.4. The molecule has 0 spiro atoms. The van der Waals surface area contributed by atoms with Crippen LogP contribution in [0.3, 0.4) is 0 Å². The molecule has 2 aromatic carbocycles. The third kappa shape index (κ3) is 8.66. The second-order valence-corrected chi connectivity index (χ2v) is 16.6. The van der Waals surface area contributed by atoms with Crippen LogP contribution in [0, 0.1) is 11.3 Å². The highest BCUT2D eigenvalue weighted by atomic mass is 16.2. The highest BCUT2D eigenvalue weighted by Crippen LogP contribution is 2.32. The van der Waals surface area contributed by atoms with E-state index in [1.807, 2.05) is 40.3 Å². The Kier molecular flexibility index (Phi) is 11.5. The number of piperidine rings is 2. The van der Waals surface area contributed by atoms with Crippen molar-refractivity contribution in [3.8, 4) is 28.6 Å². The van der Waals surface area contributed by atoms with Crippen LogP contribution < -0.4 is 20.4 Å². The van der Waals surface area contributed by atoms with E-state index >= 15 is 0 Å². The number of imide groups is 1. The third-order valence-corrected chi connectivity index (χ3v) is 12.8. The standard InChI is InChI=1S/C46H50N12O4/c1-31(59)54-18-22-56(23-19-54)41-12-6-35(27-48-41)44-45-36(26-47)28-49-58(45)29-40(51-44)34-4-9-38(10-5-34)55-20-24-57(25-21-55)43(61)30-53-16-14-33(15-17-53)32-2-7-37(8-3-32)50-39-11-13-42(60)52-46(39)62/h2-10,12,27-29,33,39,50H,11,13-25,30H2,1H3,(H,52,60,62). The molecule has 0 saturated carbocycles. The molecule has 5 aromatic rings. The van der Waals surface area contributed by atoms with Crippen molar-refractivity contribution in [3.05, 3.63) is 90.4 Å². The molecule has 7 heterocycles. The van der Waals surface area contributed by atoms with Crippen molar-refractivity contribution in [2.24, 2.45) is 0 Å². The average Bonchev–Trinajstić information content (AvgIpc) is 3.74. The number of amides is 4. The molecule has 16 nitrogen and oxygen atoms in total. The Morgan fingerprint density at radius 3 is 2.16 bits per heavy atom. The lowest BCUT2D eigenvalue weighted by Gasteiger charge is -2.38. The van der Waals surface area contributed by atoms with Crippen LogP contribution in [0.2, 0.25) is 0 Å². The van der Waals surface area contributed by atoms with E-state index in [2.05, 4.69) is 72.9 Å². The number of rotatable bonds is 9. The fraction of sp³-hybridized carbons (Fsp3) is 0.391. The second-order valence-electron chi connectivity index (χ2n) is 16.6. The first-order valence-electron chi connectivity index (χ1n) is 21.5. The Morgan fingerprint density at radius 1 is 0.806 bits per heavy atom. The molecule has 62 heavy (non-hydrogen) atoms. The number of likely N-dealkylation sites (tertiary alicyclic amines) is 1. The molecule has 1 unspecified atom stereocenters. The normalized spacial score (nSPS) is 19.1. The van der Waals surface area contributed by atoms with E-state index in [1.54, 1.807) is 23.8 Å². The zero-order chi connectivity index (χ0) is 42.7. The quantitative estimate of drug-likeness (QED) is 0.206. The van der Waals surface area contributed by atoms with Gasteiger partial charge >= 0.3 is 0 Å². The van der Waals surface area contributed by atoms with Crippen molar-refractivity contribution in [2.45, 2.75) is 44.6 Å². The Bertz CT molecular complexity index is 2490. The molecule has 4 aliphatic heterocycles. The number of hydrogen-bond donors (Lipinski definition) is 2. The van der Waals surface area contributed by atoms with Crippen molar-refractivity contribution in [3.63, 3.8) is 0 Å². The smallest absolute Gasteiger partial charge is 0.249 e. The van der Waals surface area contributed by atoms with E-state index in [0.717, 1.165) is 67.3 Å². The molecule has 4 fully saturated rings. The molecular weight excluding hydrogens is 785 g/mol. The highest BCUT2D eigenvalue weighted by Gasteiger charge is 2.29. The van der Waals surface area contributed by atoms with Gasteiger partial charge in [-0.05, 0) is 80.2 Å². The van der Waals surface area contributed by atoms with E-state index in [0.29, 0.717) is 87.0 Å². The maximum Gasteiger partial charge on any atom is 0.249 e. The van der Waals surface area contributed by atoms with Gasteiger partial charge in [0.05, 0.1) is 30.3 Å². The van der Waals surface area contributed by atoms with Crippen molar-refractivity contribution in [2.75, 3.05) is 87.1 Å². The number of hydrogen-bond acceptors (Lipinski definition) is 12. The molecule has 1 atom stereocenters. The van der Waals surface area contributed by atoms with Gasteiger partial charge in [-0.1, -0.05) is 24.3 Å². The lowest BCUT2D eigenvalue weighted by atomic mass is 9.89. The first-order valence-corrected chi connectivity index (χ1v) is 21.5. The van der Waals surface area contributed by atoms with Crippen molar-refractivity contribution < 1.29 is 19.2 Å². The first-order chi connectivity index (χ1) is 30.2. The topological polar surface area (TPSA) is 175 Å². The van der Waals surface area contributed by atoms with Crippen molar-refractivity contribution in [1.29, 1.82) is 5.26 Å². The fourth-order valence-electron chi connectivity index (χ4n) is 9.06. The second kappa shape index (κ2) is 17.6. The number of piperazine rings is 2. The third-order valence-electron chi connectivity index (χ3n) is 12.8. The molecule has 0 bridgehead atoms. The number of nitrogens with one attached hydrogen (secondary N) is 2. The Hall–Kier alpha value is -6.86. The van der Waals surface area contributed by atoms with Crippen LogP contribution in [0.1, 0.15) is 49.7 Å². The number of aromatic nitrogens is 4. The fourth-order valence-corrected chi connectivity index (χ4v) is 9.06. The molecule has 4 aliphatic rings. The van der Waals surface area contributed by atoms with Gasteiger partial charge in [-0.2, -0.15) is 10.4 Å². The van der Waals surface area contributed by atoms with Crippen LogP contribution in [0.15, 0.2) is 79.3 Å². The summed E-state index contributed by atoms with van der Waals surface area (Å²) in [7, 11) is 0. The highest BCUT2D eigenvalue weighted by molar-refractivity contribution is 6.01. The van der Waals surface area contributed by atoms with E-state index < -0.39 is 6.04 Å². The van der Waals surface area contributed by atoms with Gasteiger partial charge in [0.15, 0.2) is 0 Å². The maximum absolute atomic E-state index is 13.4. The Labute approximate surface area is 360 Å². The molecule has 16 heteroatoms. The molecule has 3 aromatic heterocycles. The summed E-state index contributed by atoms with van der Waals surface area (Å²) in [6.45, 7) is 9.34. The molecule has 2 N–H and O–H groups in total. The largest absolute Gasteiger partial charge is 0.374 e. The van der Waals surface area contributed by atoms with Crippen LogP contribution in [-0.2, 0) is 19.2 Å². The number of carbonyl (C=O) groups is 4. The van der Waals surface area contributed by atoms with Gasteiger partial charge in [0, 0.05) is 94.4 Å². The predicted octanol–water partition coefficient (Wildman–Crippen LogP) is 3.74. The summed E-state index contributed by atoms with van der Waals surface area (Å²) in [5, 5.41) is 20.0. The number of benzene rings is 2. The molecule has 9 rings (SSSR count). The van der Waals surface area contributed by atoms with Gasteiger partial charge in [0.2, 0.25) is 23.6 Å². The first kappa shape index (κ1) is 40.5. The minimum atomic E-state index is -0.400. The summed E-state index contributed by atoms with van der Waals surface area (Å²) in [5.41, 5.74) is 7.30. The number of fused-ring (bicyclic) bond motifs is 1. The molecular formula is C46H50N12O4. The minimum Gasteiger partial charge on any atom is -0.374 e. The Morgan fingerprint density at radius 2 is 1.50 bits per heavy atom. The van der Waals surface area contributed by atoms with Crippen LogP contribution in [0.4, 0.5) is 17.2 Å². The molecule has 318 valence electrons. The average molecular weight is 835 g/mol. The van der Waals surface area contributed by atoms with Gasteiger partial charge < -0.3 is 24.9 Å². The SMILES string of the molecule is CC(=O)N1CCN(c2ccc(-c3nc(-c4ccc(N5CCN(C(=O)CN6CCC(c7ccc(NC8CCC(=O)NC8=O)cc7)CC6)CC5)cc4)cn4ncc(C#N)c34)cn2)CC1. The van der Waals surface area contributed by atoms with Crippen LogP contribution >= 0.6 is 0 Å². The van der Waals surface area contributed by atoms with Crippen molar-refractivity contribution >= 4 is 46.3 Å². The summed E-state index contributed by atoms with van der Waals surface area (Å²) in [6, 6.07) is 22.3. The summed E-state index contributed by atoms with van der Waals surface area (Å²) in [6.07, 6.45) is 8.00. The van der Waals surface area contributed by atoms with E-state index in [1.165, 1.54) is 5.56 Å². The van der Waals surface area contributed by atoms with Crippen LogP contribution in [0.25, 0.3) is 28.0 Å². The predicted molar refractivity (Wildman–Crippen MR) is 234 cm³/mol. The summed E-state index contributed by atoms with van der Waals surface area (Å²) in [5.74, 6) is 1.02. The zero-order valence-electron chi connectivity index (χ0n) is 34.9. The van der Waals surface area contributed by atoms with Crippen LogP contribution in [0.5, 0.6) is 0 Å². The summed E-state index contributed by atoms with van der Waals surface area (Å²) < 4.78 is 1.71. The lowest BCUT2D eigenvalue weighted by molar-refractivity contribution is -0.134. The lowest BCUT2D eigenvalue weighted by Crippen LogP contribution is -2.51. The molecule has 0 aliphatic carbocycles. The number of pyridine rings is 1. The van der Waals surface area contributed by atoms with Gasteiger partial charge in [0.1, 0.15) is 29.0 Å².